The molecule has 0 spiro atoms. The average molecular weight is 428 g/mol. The second-order valence-electron chi connectivity index (χ2n) is 9.25. The van der Waals surface area contributed by atoms with Crippen molar-refractivity contribution >= 4 is 17.3 Å². The van der Waals surface area contributed by atoms with Gasteiger partial charge in [0.2, 0.25) is 11.8 Å². The fourth-order valence-corrected chi connectivity index (χ4v) is 4.55. The van der Waals surface area contributed by atoms with Gasteiger partial charge < -0.3 is 24.7 Å². The molecule has 2 N–H and O–H groups in total. The highest BCUT2D eigenvalue weighted by Crippen LogP contribution is 2.23. The molecule has 31 heavy (non-hydrogen) atoms. The van der Waals surface area contributed by atoms with Crippen molar-refractivity contribution in [3.05, 3.63) is 35.9 Å². The number of aryl methyl sites for hydroxylation is 1. The van der Waals surface area contributed by atoms with E-state index in [1.54, 1.807) is 0 Å². The number of piperazine rings is 1. The molecule has 2 fully saturated rings. The highest BCUT2D eigenvalue weighted by Gasteiger charge is 2.34. The lowest BCUT2D eigenvalue weighted by atomic mass is 9.95. The van der Waals surface area contributed by atoms with Gasteiger partial charge in [-0.25, -0.2) is 4.98 Å². The van der Waals surface area contributed by atoms with Gasteiger partial charge in [-0.1, -0.05) is 6.07 Å². The third-order valence-corrected chi connectivity index (χ3v) is 6.43. The molecule has 2 aliphatic heterocycles. The van der Waals surface area contributed by atoms with Crippen LogP contribution < -0.4 is 10.6 Å². The smallest absolute Gasteiger partial charge is 0.239 e. The van der Waals surface area contributed by atoms with Gasteiger partial charge in [-0.15, -0.1) is 0 Å². The molecule has 168 valence electrons. The number of nitrogens with zero attached hydrogens (tertiary/aromatic N) is 3. The average Bonchev–Trinajstić information content (AvgIpc) is 3.21. The normalized spacial score (nSPS) is 20.7. The van der Waals surface area contributed by atoms with Crippen molar-refractivity contribution in [2.45, 2.75) is 51.6 Å². The van der Waals surface area contributed by atoms with Gasteiger partial charge >= 0.3 is 0 Å². The summed E-state index contributed by atoms with van der Waals surface area (Å²) < 4.78 is 7.41. The Labute approximate surface area is 183 Å². The first kappa shape index (κ1) is 21.8. The van der Waals surface area contributed by atoms with Crippen LogP contribution >= 0.6 is 0 Å². The zero-order chi connectivity index (χ0) is 22.0. The van der Waals surface area contributed by atoms with Gasteiger partial charge in [0.15, 0.2) is 0 Å². The molecule has 1 atom stereocenters. The van der Waals surface area contributed by atoms with Crippen LogP contribution in [0.5, 0.6) is 0 Å². The van der Waals surface area contributed by atoms with E-state index in [9.17, 15) is 9.59 Å². The van der Waals surface area contributed by atoms with E-state index < -0.39 is 11.6 Å². The summed E-state index contributed by atoms with van der Waals surface area (Å²) in [4.78, 5) is 32.3. The summed E-state index contributed by atoms with van der Waals surface area (Å²) in [5.74, 6) is 1.19. The molecular formula is C23H33N5O3. The zero-order valence-electron chi connectivity index (χ0n) is 18.7. The number of aromatic nitrogens is 2. The third-order valence-electron chi connectivity index (χ3n) is 6.43. The first-order chi connectivity index (χ1) is 14.8. The second kappa shape index (κ2) is 8.96. The van der Waals surface area contributed by atoms with Crippen LogP contribution in [-0.4, -0.2) is 65.0 Å². The predicted octanol–water partition coefficient (Wildman–Crippen LogP) is 1.61. The summed E-state index contributed by atoms with van der Waals surface area (Å²) in [5, 5.41) is 6.41. The van der Waals surface area contributed by atoms with Crippen molar-refractivity contribution < 1.29 is 14.3 Å². The molecule has 2 aromatic heterocycles. The van der Waals surface area contributed by atoms with E-state index >= 15 is 0 Å². The Bertz CT molecular complexity index is 948. The van der Waals surface area contributed by atoms with Crippen LogP contribution in [0, 0.1) is 12.8 Å². The minimum Gasteiger partial charge on any atom is -0.381 e. The Morgan fingerprint density at radius 3 is 2.87 bits per heavy atom. The van der Waals surface area contributed by atoms with Crippen LogP contribution in [0.3, 0.4) is 0 Å². The maximum atomic E-state index is 13.1. The highest BCUT2D eigenvalue weighted by molar-refractivity contribution is 5.84. The second-order valence-corrected chi connectivity index (χ2v) is 9.25. The molecule has 8 nitrogen and oxygen atoms in total. The van der Waals surface area contributed by atoms with E-state index in [0.29, 0.717) is 32.0 Å². The van der Waals surface area contributed by atoms with Crippen molar-refractivity contribution in [1.29, 1.82) is 0 Å². The van der Waals surface area contributed by atoms with Crippen molar-refractivity contribution in [1.82, 2.24) is 24.9 Å². The highest BCUT2D eigenvalue weighted by atomic mass is 16.5. The van der Waals surface area contributed by atoms with E-state index in [-0.39, 0.29) is 11.8 Å². The Morgan fingerprint density at radius 1 is 1.32 bits per heavy atom. The molecule has 2 aromatic rings. The van der Waals surface area contributed by atoms with Crippen LogP contribution in [0.25, 0.3) is 5.52 Å². The van der Waals surface area contributed by atoms with Gasteiger partial charge in [-0.3, -0.25) is 9.59 Å². The third kappa shape index (κ3) is 4.75. The number of amides is 2. The topological polar surface area (TPSA) is 88.0 Å². The van der Waals surface area contributed by atoms with Crippen molar-refractivity contribution in [3.8, 4) is 0 Å². The minimum atomic E-state index is -0.659. The number of pyridine rings is 1. The number of imidazole rings is 1. The first-order valence-corrected chi connectivity index (χ1v) is 11.2. The molecule has 0 aromatic carbocycles. The lowest BCUT2D eigenvalue weighted by Crippen LogP contribution is -2.60. The van der Waals surface area contributed by atoms with Gasteiger partial charge in [0.05, 0.1) is 17.3 Å². The first-order valence-electron chi connectivity index (χ1n) is 11.2. The molecule has 0 aliphatic carbocycles. The molecule has 2 saturated heterocycles. The van der Waals surface area contributed by atoms with Crippen LogP contribution in [0.4, 0.5) is 0 Å². The Morgan fingerprint density at radius 2 is 2.10 bits per heavy atom. The quantitative estimate of drug-likeness (QED) is 0.757. The number of carbonyl (C=O) groups excluding carboxylic acids is 2. The number of rotatable bonds is 5. The maximum Gasteiger partial charge on any atom is 0.239 e. The lowest BCUT2D eigenvalue weighted by molar-refractivity contribution is -0.135. The summed E-state index contributed by atoms with van der Waals surface area (Å²) in [6, 6.07) is 3.60. The van der Waals surface area contributed by atoms with E-state index in [1.807, 2.05) is 54.6 Å². The molecule has 2 aliphatic rings. The fraction of sp³-hybridized carbons (Fsp3) is 0.609. The van der Waals surface area contributed by atoms with Crippen molar-refractivity contribution in [2.75, 3.05) is 32.8 Å². The summed E-state index contributed by atoms with van der Waals surface area (Å²) >= 11 is 0. The number of hydrogen-bond donors (Lipinski definition) is 2. The Hall–Kier alpha value is -2.45. The summed E-state index contributed by atoms with van der Waals surface area (Å²) in [5.41, 5.74) is 1.50. The molecule has 8 heteroatoms. The number of ether oxygens (including phenoxy) is 1. The SMILES string of the molecule is Cc1cccn2c(C(C)(C)NC(=O)[C@@H]3CN(C(=O)CC4CCOCC4)CCN3)ncc12. The van der Waals surface area contributed by atoms with E-state index in [0.717, 1.165) is 43.0 Å². The van der Waals surface area contributed by atoms with Crippen molar-refractivity contribution in [3.63, 3.8) is 0 Å². The van der Waals surface area contributed by atoms with Gasteiger partial charge in [0.25, 0.3) is 0 Å². The molecule has 0 bridgehead atoms. The van der Waals surface area contributed by atoms with Crippen LogP contribution in [0.1, 0.15) is 44.5 Å². The van der Waals surface area contributed by atoms with Gasteiger partial charge in [0, 0.05) is 45.5 Å². The molecule has 0 radical (unpaired) electrons. The number of hydrogen-bond acceptors (Lipinski definition) is 5. The number of nitrogens with one attached hydrogen (secondary N) is 2. The van der Waals surface area contributed by atoms with Crippen molar-refractivity contribution in [2.24, 2.45) is 5.92 Å². The molecule has 4 heterocycles. The van der Waals surface area contributed by atoms with Crippen LogP contribution in [0.15, 0.2) is 24.5 Å². The summed E-state index contributed by atoms with van der Waals surface area (Å²) in [6.45, 7) is 9.08. The minimum absolute atomic E-state index is 0.113. The lowest BCUT2D eigenvalue weighted by Gasteiger charge is -2.36. The van der Waals surface area contributed by atoms with E-state index in [4.69, 9.17) is 4.74 Å². The molecular weight excluding hydrogens is 394 g/mol. The molecule has 4 rings (SSSR count). The molecule has 2 amide bonds. The van der Waals surface area contributed by atoms with Gasteiger partial charge in [-0.2, -0.15) is 0 Å². The summed E-state index contributed by atoms with van der Waals surface area (Å²) in [7, 11) is 0. The Kier molecular flexibility index (Phi) is 6.29. The fourth-order valence-electron chi connectivity index (χ4n) is 4.55. The van der Waals surface area contributed by atoms with Gasteiger partial charge in [0.1, 0.15) is 11.9 Å². The number of carbonyl (C=O) groups is 2. The maximum absolute atomic E-state index is 13.1. The van der Waals surface area contributed by atoms with Crippen LogP contribution in [-0.2, 0) is 19.9 Å². The largest absolute Gasteiger partial charge is 0.381 e. The number of fused-ring (bicyclic) bond motifs is 1. The monoisotopic (exact) mass is 427 g/mol. The van der Waals surface area contributed by atoms with Crippen LogP contribution in [0.2, 0.25) is 0 Å². The predicted molar refractivity (Wildman–Crippen MR) is 118 cm³/mol. The van der Waals surface area contributed by atoms with Gasteiger partial charge in [-0.05, 0) is 51.2 Å². The molecule has 0 unspecified atom stereocenters. The summed E-state index contributed by atoms with van der Waals surface area (Å²) in [6.07, 6.45) is 6.23. The standard InChI is InChI=1S/C23H33N5O3/c1-16-5-4-9-28-19(16)14-25-22(28)23(2,3)26-21(30)18-15-27(10-8-24-18)20(29)13-17-6-11-31-12-7-17/h4-5,9,14,17-18,24H,6-8,10-13,15H2,1-3H3,(H,26,30)/t18-/m0/s1. The Balaban J connectivity index is 1.40. The molecule has 0 saturated carbocycles. The van der Waals surface area contributed by atoms with E-state index in [1.165, 1.54) is 0 Å². The van der Waals surface area contributed by atoms with E-state index in [2.05, 4.69) is 15.6 Å². The zero-order valence-corrected chi connectivity index (χ0v) is 18.7.